The molecule has 122 valence electrons. The molecule has 3 heterocycles. The van der Waals surface area contributed by atoms with Gasteiger partial charge in [0.1, 0.15) is 11.3 Å². The number of anilines is 1. The summed E-state index contributed by atoms with van der Waals surface area (Å²) in [6, 6.07) is 3.14. The van der Waals surface area contributed by atoms with E-state index in [9.17, 15) is 13.2 Å². The Hall–Kier alpha value is -2.49. The molecular formula is C12H9ClF3N5O2. The van der Waals surface area contributed by atoms with Gasteiger partial charge in [-0.15, -0.1) is 0 Å². The summed E-state index contributed by atoms with van der Waals surface area (Å²) >= 11 is 5.78. The number of aromatic nitrogens is 4. The Morgan fingerprint density at radius 3 is 2.83 bits per heavy atom. The Balaban J connectivity index is 1.83. The molecule has 0 bridgehead atoms. The van der Waals surface area contributed by atoms with E-state index in [2.05, 4.69) is 30.0 Å². The third kappa shape index (κ3) is 3.83. The van der Waals surface area contributed by atoms with Crippen LogP contribution in [0.25, 0.3) is 11.2 Å². The van der Waals surface area contributed by atoms with E-state index in [4.69, 9.17) is 16.0 Å². The molecule has 0 saturated heterocycles. The van der Waals surface area contributed by atoms with Crippen LogP contribution in [-0.4, -0.2) is 32.7 Å². The molecule has 0 aliphatic rings. The van der Waals surface area contributed by atoms with Crippen LogP contribution in [0.2, 0.25) is 5.28 Å². The highest BCUT2D eigenvalue weighted by atomic mass is 35.5. The first kappa shape index (κ1) is 15.4. The fraction of sp³-hybridized carbons (Fsp3) is 0.250. The van der Waals surface area contributed by atoms with E-state index in [1.807, 2.05) is 0 Å². The van der Waals surface area contributed by atoms with Crippen LogP contribution < -0.4 is 10.1 Å². The van der Waals surface area contributed by atoms with Crippen LogP contribution >= 0.6 is 11.6 Å². The van der Waals surface area contributed by atoms with Crippen molar-refractivity contribution in [2.45, 2.75) is 12.7 Å². The number of halogens is 4. The molecule has 0 fully saturated rings. The van der Waals surface area contributed by atoms with Crippen LogP contribution in [0.5, 0.6) is 6.01 Å². The van der Waals surface area contributed by atoms with E-state index in [1.54, 1.807) is 12.1 Å². The zero-order chi connectivity index (χ0) is 16.4. The molecule has 0 aromatic carbocycles. The van der Waals surface area contributed by atoms with Gasteiger partial charge in [-0.05, 0) is 23.7 Å². The van der Waals surface area contributed by atoms with Crippen molar-refractivity contribution in [1.29, 1.82) is 0 Å². The van der Waals surface area contributed by atoms with Crippen molar-refractivity contribution in [1.82, 2.24) is 19.9 Å². The third-order valence-corrected chi connectivity index (χ3v) is 2.85. The molecular weight excluding hydrogens is 339 g/mol. The van der Waals surface area contributed by atoms with Gasteiger partial charge >= 0.3 is 6.18 Å². The lowest BCUT2D eigenvalue weighted by Crippen LogP contribution is -2.19. The van der Waals surface area contributed by atoms with Gasteiger partial charge in [-0.2, -0.15) is 28.1 Å². The average molecular weight is 348 g/mol. The highest BCUT2D eigenvalue weighted by Crippen LogP contribution is 2.24. The van der Waals surface area contributed by atoms with Crippen LogP contribution in [0.15, 0.2) is 22.8 Å². The van der Waals surface area contributed by atoms with Crippen LogP contribution in [0.4, 0.5) is 19.0 Å². The number of rotatable bonds is 5. The standard InChI is InChI=1S/C12H9ClF3N5O2/c13-10-19-8(17-4-6-2-1-3-22-6)7-9(20-10)21-11(18-7)23-5-12(14,15)16/h1-3H,4-5H2,(H2,17,18,19,20,21). The molecule has 0 amide bonds. The molecule has 0 aliphatic carbocycles. The maximum Gasteiger partial charge on any atom is 0.422 e. The Bertz CT molecular complexity index is 803. The second-order valence-electron chi connectivity index (χ2n) is 4.42. The number of fused-ring (bicyclic) bond motifs is 1. The van der Waals surface area contributed by atoms with Gasteiger partial charge in [-0.25, -0.2) is 0 Å². The number of hydrogen-bond donors (Lipinski definition) is 2. The number of furan rings is 1. The Morgan fingerprint density at radius 2 is 2.13 bits per heavy atom. The van der Waals surface area contributed by atoms with E-state index >= 15 is 0 Å². The van der Waals surface area contributed by atoms with Gasteiger partial charge in [0.25, 0.3) is 6.01 Å². The number of alkyl halides is 3. The second kappa shape index (κ2) is 5.95. The first-order chi connectivity index (χ1) is 10.9. The summed E-state index contributed by atoms with van der Waals surface area (Å²) in [5, 5.41) is 2.83. The highest BCUT2D eigenvalue weighted by Gasteiger charge is 2.29. The molecule has 3 rings (SSSR count). The number of imidazole rings is 1. The first-order valence-corrected chi connectivity index (χ1v) is 6.67. The number of nitrogens with zero attached hydrogens (tertiary/aromatic N) is 3. The summed E-state index contributed by atoms with van der Waals surface area (Å²) in [6.45, 7) is -1.17. The lowest BCUT2D eigenvalue weighted by molar-refractivity contribution is -0.154. The van der Waals surface area contributed by atoms with Gasteiger partial charge < -0.3 is 19.5 Å². The first-order valence-electron chi connectivity index (χ1n) is 6.30. The SMILES string of the molecule is FC(F)(F)COc1nc2nc(Cl)nc(NCc3ccco3)c2[nH]1. The van der Waals surface area contributed by atoms with Crippen LogP contribution in [-0.2, 0) is 6.54 Å². The highest BCUT2D eigenvalue weighted by molar-refractivity contribution is 6.28. The van der Waals surface area contributed by atoms with Crippen LogP contribution in [0.3, 0.4) is 0 Å². The summed E-state index contributed by atoms with van der Waals surface area (Å²) in [5.41, 5.74) is 0.363. The van der Waals surface area contributed by atoms with Gasteiger partial charge in [0, 0.05) is 0 Å². The minimum absolute atomic E-state index is 0.0871. The summed E-state index contributed by atoms with van der Waals surface area (Å²) in [7, 11) is 0. The van der Waals surface area contributed by atoms with Crippen molar-refractivity contribution in [3.8, 4) is 6.01 Å². The zero-order valence-electron chi connectivity index (χ0n) is 11.3. The van der Waals surface area contributed by atoms with E-state index < -0.39 is 12.8 Å². The quantitative estimate of drug-likeness (QED) is 0.689. The molecule has 2 N–H and O–H groups in total. The maximum absolute atomic E-state index is 12.2. The van der Waals surface area contributed by atoms with E-state index in [0.717, 1.165) is 0 Å². The van der Waals surface area contributed by atoms with Crippen molar-refractivity contribution in [2.75, 3.05) is 11.9 Å². The average Bonchev–Trinajstić information content (AvgIpc) is 3.10. The lowest BCUT2D eigenvalue weighted by atomic mass is 10.4. The van der Waals surface area contributed by atoms with Crippen molar-refractivity contribution < 1.29 is 22.3 Å². The molecule has 23 heavy (non-hydrogen) atoms. The van der Waals surface area contributed by atoms with Gasteiger partial charge in [-0.3, -0.25) is 0 Å². The van der Waals surface area contributed by atoms with Gasteiger partial charge in [0.2, 0.25) is 5.28 Å². The zero-order valence-corrected chi connectivity index (χ0v) is 12.1. The maximum atomic E-state index is 12.2. The molecule has 7 nitrogen and oxygen atoms in total. The van der Waals surface area contributed by atoms with Gasteiger partial charge in [0.15, 0.2) is 18.1 Å². The van der Waals surface area contributed by atoms with E-state index in [0.29, 0.717) is 12.3 Å². The van der Waals surface area contributed by atoms with Crippen molar-refractivity contribution >= 4 is 28.6 Å². The van der Waals surface area contributed by atoms with E-state index in [-0.39, 0.29) is 28.3 Å². The molecule has 3 aromatic heterocycles. The molecule has 0 saturated carbocycles. The molecule has 0 radical (unpaired) electrons. The van der Waals surface area contributed by atoms with E-state index in [1.165, 1.54) is 6.26 Å². The summed E-state index contributed by atoms with van der Waals surface area (Å²) in [4.78, 5) is 14.2. The largest absolute Gasteiger partial charge is 0.467 e. The van der Waals surface area contributed by atoms with Crippen LogP contribution in [0, 0.1) is 0 Å². The van der Waals surface area contributed by atoms with Gasteiger partial charge in [0.05, 0.1) is 12.8 Å². The smallest absolute Gasteiger partial charge is 0.422 e. The van der Waals surface area contributed by atoms with Crippen molar-refractivity contribution in [2.24, 2.45) is 0 Å². The summed E-state index contributed by atoms with van der Waals surface area (Å²) < 4.78 is 46.3. The Kier molecular flexibility index (Phi) is 3.99. The van der Waals surface area contributed by atoms with Crippen LogP contribution in [0.1, 0.15) is 5.76 Å². The normalized spacial score (nSPS) is 11.8. The number of aromatic amines is 1. The topological polar surface area (TPSA) is 88.9 Å². The fourth-order valence-electron chi connectivity index (χ4n) is 1.78. The Morgan fingerprint density at radius 1 is 1.30 bits per heavy atom. The summed E-state index contributed by atoms with van der Waals surface area (Å²) in [5.74, 6) is 0.909. The minimum atomic E-state index is -4.47. The molecule has 11 heteroatoms. The summed E-state index contributed by atoms with van der Waals surface area (Å²) in [6.07, 6.45) is -2.96. The number of nitrogens with one attached hydrogen (secondary N) is 2. The molecule has 3 aromatic rings. The molecule has 0 spiro atoms. The second-order valence-corrected chi connectivity index (χ2v) is 4.76. The molecule has 0 atom stereocenters. The predicted molar refractivity (Wildman–Crippen MR) is 74.3 cm³/mol. The third-order valence-electron chi connectivity index (χ3n) is 2.68. The van der Waals surface area contributed by atoms with Gasteiger partial charge in [-0.1, -0.05) is 0 Å². The fourth-order valence-corrected chi connectivity index (χ4v) is 1.94. The minimum Gasteiger partial charge on any atom is -0.467 e. The molecule has 0 aliphatic heterocycles. The number of ether oxygens (including phenoxy) is 1. The van der Waals surface area contributed by atoms with Crippen molar-refractivity contribution in [3.05, 3.63) is 29.4 Å². The monoisotopic (exact) mass is 347 g/mol. The number of hydrogen-bond acceptors (Lipinski definition) is 6. The Labute approximate surface area is 131 Å². The predicted octanol–water partition coefficient (Wildman–Crippen LogP) is 3.15. The number of H-pyrrole nitrogens is 1. The lowest BCUT2D eigenvalue weighted by Gasteiger charge is -2.05. The van der Waals surface area contributed by atoms with Crippen molar-refractivity contribution in [3.63, 3.8) is 0 Å². The molecule has 0 unspecified atom stereocenters.